The molecule has 3 heterocycles. The van der Waals surface area contributed by atoms with Crippen LogP contribution < -0.4 is 4.74 Å². The molecule has 0 unspecified atom stereocenters. The van der Waals surface area contributed by atoms with E-state index >= 15 is 0 Å². The molecule has 0 amide bonds. The molecule has 3 aliphatic rings. The van der Waals surface area contributed by atoms with Gasteiger partial charge in [0.05, 0.1) is 13.2 Å². The van der Waals surface area contributed by atoms with Crippen LogP contribution in [0.25, 0.3) is 0 Å². The summed E-state index contributed by atoms with van der Waals surface area (Å²) in [5, 5.41) is 10.1. The number of ether oxygens (including phenoxy) is 2. The summed E-state index contributed by atoms with van der Waals surface area (Å²) in [4.78, 5) is 17.0. The molecule has 0 radical (unpaired) electrons. The highest BCUT2D eigenvalue weighted by Gasteiger charge is 2.57. The van der Waals surface area contributed by atoms with Crippen LogP contribution in [0.4, 0.5) is 0 Å². The third-order valence-electron chi connectivity index (χ3n) is 6.30. The Balaban J connectivity index is 1.57. The van der Waals surface area contributed by atoms with Crippen LogP contribution in [-0.2, 0) is 9.53 Å². The molecular weight excluding hydrogens is 332 g/mol. The van der Waals surface area contributed by atoms with Crippen molar-refractivity contribution in [3.05, 3.63) is 29.8 Å². The van der Waals surface area contributed by atoms with E-state index in [0.29, 0.717) is 6.54 Å². The molecule has 0 spiro atoms. The van der Waals surface area contributed by atoms with Crippen molar-refractivity contribution in [3.63, 3.8) is 0 Å². The van der Waals surface area contributed by atoms with Gasteiger partial charge in [0.2, 0.25) is 0 Å². The van der Waals surface area contributed by atoms with E-state index in [9.17, 15) is 9.90 Å². The second kappa shape index (κ2) is 6.51. The van der Waals surface area contributed by atoms with E-state index in [1.807, 2.05) is 24.3 Å². The maximum atomic E-state index is 12.2. The van der Waals surface area contributed by atoms with Gasteiger partial charge in [-0.3, -0.25) is 14.6 Å². The molecule has 0 saturated carbocycles. The smallest absolute Gasteiger partial charge is 0.315 e. The van der Waals surface area contributed by atoms with Gasteiger partial charge in [0, 0.05) is 44.2 Å². The van der Waals surface area contributed by atoms with Crippen LogP contribution in [-0.4, -0.2) is 79.0 Å². The lowest BCUT2D eigenvalue weighted by Gasteiger charge is -2.43. The average Bonchev–Trinajstić information content (AvgIpc) is 3.02. The van der Waals surface area contributed by atoms with Gasteiger partial charge in [0.15, 0.2) is 0 Å². The number of hydrogen-bond acceptors (Lipinski definition) is 5. The summed E-state index contributed by atoms with van der Waals surface area (Å²) in [6.45, 7) is 10.3. The van der Waals surface area contributed by atoms with Crippen LogP contribution in [0.3, 0.4) is 0 Å². The molecule has 26 heavy (non-hydrogen) atoms. The zero-order valence-corrected chi connectivity index (χ0v) is 15.6. The van der Waals surface area contributed by atoms with Crippen molar-refractivity contribution in [3.8, 4) is 5.75 Å². The summed E-state index contributed by atoms with van der Waals surface area (Å²) in [7, 11) is 0. The Morgan fingerprint density at radius 3 is 2.77 bits per heavy atom. The zero-order chi connectivity index (χ0) is 18.4. The Morgan fingerprint density at radius 2 is 2.04 bits per heavy atom. The van der Waals surface area contributed by atoms with Crippen LogP contribution in [0.2, 0.25) is 0 Å². The summed E-state index contributed by atoms with van der Waals surface area (Å²) in [5.74, 6) is 0.0674. The predicted octanol–water partition coefficient (Wildman–Crippen LogP) is 1.66. The first-order valence-corrected chi connectivity index (χ1v) is 9.43. The molecule has 6 heteroatoms. The molecule has 2 saturated heterocycles. The van der Waals surface area contributed by atoms with Crippen molar-refractivity contribution in [2.24, 2.45) is 5.41 Å². The number of nitrogens with zero attached hydrogens (tertiary/aromatic N) is 2. The minimum atomic E-state index is -0.852. The number of fused-ring (bicyclic) bond motifs is 3. The highest BCUT2D eigenvalue weighted by atomic mass is 16.5. The van der Waals surface area contributed by atoms with Gasteiger partial charge < -0.3 is 14.6 Å². The fraction of sp³-hybridized carbons (Fsp3) is 0.650. The second-order valence-corrected chi connectivity index (χ2v) is 8.42. The molecule has 2 fully saturated rings. The van der Waals surface area contributed by atoms with E-state index in [1.54, 1.807) is 0 Å². The molecular formula is C20H28N2O4. The Kier molecular flexibility index (Phi) is 4.45. The van der Waals surface area contributed by atoms with Crippen LogP contribution >= 0.6 is 0 Å². The summed E-state index contributed by atoms with van der Waals surface area (Å²) in [6, 6.07) is 7.89. The lowest BCUT2D eigenvalue weighted by molar-refractivity contribution is -0.152. The van der Waals surface area contributed by atoms with Gasteiger partial charge in [-0.2, -0.15) is 0 Å². The normalized spacial score (nSPS) is 29.7. The molecule has 0 aromatic heterocycles. The first-order chi connectivity index (χ1) is 12.4. The summed E-state index contributed by atoms with van der Waals surface area (Å²) in [6.07, 6.45) is 0. The highest BCUT2D eigenvalue weighted by Crippen LogP contribution is 2.50. The maximum absolute atomic E-state index is 12.2. The molecule has 1 N–H and O–H groups in total. The van der Waals surface area contributed by atoms with Gasteiger partial charge in [-0.25, -0.2) is 0 Å². The molecule has 0 aliphatic carbocycles. The van der Waals surface area contributed by atoms with Crippen molar-refractivity contribution >= 4 is 5.97 Å². The summed E-state index contributed by atoms with van der Waals surface area (Å²) < 4.78 is 11.3. The number of benzene rings is 1. The molecule has 0 bridgehead atoms. The molecule has 3 aliphatic heterocycles. The van der Waals surface area contributed by atoms with E-state index in [1.165, 1.54) is 0 Å². The van der Waals surface area contributed by atoms with Crippen molar-refractivity contribution in [2.75, 3.05) is 52.5 Å². The van der Waals surface area contributed by atoms with Gasteiger partial charge in [-0.05, 0) is 25.5 Å². The van der Waals surface area contributed by atoms with Crippen LogP contribution in [0.1, 0.15) is 25.3 Å². The topological polar surface area (TPSA) is 62.2 Å². The Hall–Kier alpha value is -1.63. The largest absolute Gasteiger partial charge is 0.492 e. The standard InChI is InChI=1S/C20H28N2O4/c1-19(2,22-7-9-25-10-8-22)12-21-11-16-15-5-3-4-6-17(15)26-14-20(16,13-21)18(23)24/h3-6,16H,7-14H2,1-2H3,(H,23,24)/t16-,20-/m1/s1. The minimum Gasteiger partial charge on any atom is -0.492 e. The van der Waals surface area contributed by atoms with Crippen molar-refractivity contribution in [1.29, 1.82) is 0 Å². The van der Waals surface area contributed by atoms with E-state index in [4.69, 9.17) is 9.47 Å². The number of para-hydroxylation sites is 1. The van der Waals surface area contributed by atoms with Gasteiger partial charge in [-0.1, -0.05) is 18.2 Å². The number of morpholine rings is 1. The number of aliphatic carboxylic acids is 1. The number of carbonyl (C=O) groups is 1. The quantitative estimate of drug-likeness (QED) is 0.881. The third-order valence-corrected chi connectivity index (χ3v) is 6.30. The number of carboxylic acids is 1. The fourth-order valence-corrected chi connectivity index (χ4v) is 4.87. The Morgan fingerprint density at radius 1 is 1.31 bits per heavy atom. The van der Waals surface area contributed by atoms with Crippen LogP contribution in [0.5, 0.6) is 5.75 Å². The lowest BCUT2D eigenvalue weighted by Crippen LogP contribution is -2.55. The lowest BCUT2D eigenvalue weighted by atomic mass is 9.73. The van der Waals surface area contributed by atoms with Gasteiger partial charge in [-0.15, -0.1) is 0 Å². The van der Waals surface area contributed by atoms with Gasteiger partial charge in [0.25, 0.3) is 0 Å². The van der Waals surface area contributed by atoms with Crippen LogP contribution in [0, 0.1) is 5.41 Å². The number of hydrogen-bond donors (Lipinski definition) is 1. The van der Waals surface area contributed by atoms with Gasteiger partial charge >= 0.3 is 5.97 Å². The maximum Gasteiger partial charge on any atom is 0.315 e. The zero-order valence-electron chi connectivity index (χ0n) is 15.6. The van der Waals surface area contributed by atoms with Crippen molar-refractivity contribution in [2.45, 2.75) is 25.3 Å². The van der Waals surface area contributed by atoms with Crippen LogP contribution in [0.15, 0.2) is 24.3 Å². The average molecular weight is 360 g/mol. The first-order valence-electron chi connectivity index (χ1n) is 9.43. The fourth-order valence-electron chi connectivity index (χ4n) is 4.87. The van der Waals surface area contributed by atoms with E-state index < -0.39 is 11.4 Å². The van der Waals surface area contributed by atoms with Crippen molar-refractivity contribution < 1.29 is 19.4 Å². The monoisotopic (exact) mass is 360 g/mol. The van der Waals surface area contributed by atoms with E-state index in [0.717, 1.165) is 50.7 Å². The molecule has 1 aromatic carbocycles. The molecule has 142 valence electrons. The predicted molar refractivity (Wildman–Crippen MR) is 97.7 cm³/mol. The van der Waals surface area contributed by atoms with Crippen molar-refractivity contribution in [1.82, 2.24) is 9.80 Å². The molecule has 2 atom stereocenters. The van der Waals surface area contributed by atoms with E-state index in [-0.39, 0.29) is 18.1 Å². The Labute approximate surface area is 154 Å². The summed E-state index contributed by atoms with van der Waals surface area (Å²) in [5.41, 5.74) is 0.167. The second-order valence-electron chi connectivity index (χ2n) is 8.42. The SMILES string of the molecule is CC(C)(CN1C[C@@H]2c3ccccc3OC[C@]2(C(=O)O)C1)N1CCOCC1. The number of carboxylic acid groups (broad SMARTS) is 1. The highest BCUT2D eigenvalue weighted by molar-refractivity contribution is 5.78. The van der Waals surface area contributed by atoms with E-state index in [2.05, 4.69) is 23.6 Å². The molecule has 6 nitrogen and oxygen atoms in total. The Bertz CT molecular complexity index is 686. The minimum absolute atomic E-state index is 0.0165. The first kappa shape index (κ1) is 17.8. The number of rotatable bonds is 4. The summed E-state index contributed by atoms with van der Waals surface area (Å²) >= 11 is 0. The van der Waals surface area contributed by atoms with Gasteiger partial charge in [0.1, 0.15) is 17.8 Å². The molecule has 1 aromatic rings. The number of likely N-dealkylation sites (tertiary alicyclic amines) is 1. The molecule has 4 rings (SSSR count). The third kappa shape index (κ3) is 2.90.